The van der Waals surface area contributed by atoms with E-state index in [1.807, 2.05) is 24.1 Å². The number of carbonyl (C=O) groups is 1. The number of aromatic nitrogens is 1. The normalized spacial score (nSPS) is 10.1. The molecule has 1 N–H and O–H groups in total. The van der Waals surface area contributed by atoms with Crippen LogP contribution in [0.1, 0.15) is 15.9 Å². The van der Waals surface area contributed by atoms with E-state index in [-0.39, 0.29) is 5.56 Å². The summed E-state index contributed by atoms with van der Waals surface area (Å²) in [6.07, 6.45) is 3.47. The number of carboxylic acid groups (broad SMARTS) is 1. The van der Waals surface area contributed by atoms with Gasteiger partial charge in [0.2, 0.25) is 0 Å². The van der Waals surface area contributed by atoms with Crippen molar-refractivity contribution in [3.8, 4) is 5.75 Å². The van der Waals surface area contributed by atoms with Gasteiger partial charge in [-0.25, -0.2) is 4.79 Å². The van der Waals surface area contributed by atoms with E-state index >= 15 is 0 Å². The SMILES string of the molecule is COc1ccc(C(=O)O)c(N(C)Cc2cccnc2)c1. The summed E-state index contributed by atoms with van der Waals surface area (Å²) in [5, 5.41) is 9.26. The van der Waals surface area contributed by atoms with E-state index in [1.165, 1.54) is 0 Å². The van der Waals surface area contributed by atoms with E-state index in [2.05, 4.69) is 4.98 Å². The summed E-state index contributed by atoms with van der Waals surface area (Å²) in [5.74, 6) is -0.330. The molecule has 0 atom stereocenters. The number of hydrogen-bond donors (Lipinski definition) is 1. The van der Waals surface area contributed by atoms with Crippen molar-refractivity contribution in [2.75, 3.05) is 19.1 Å². The number of aromatic carboxylic acids is 1. The Morgan fingerprint density at radius 1 is 1.40 bits per heavy atom. The van der Waals surface area contributed by atoms with Crippen molar-refractivity contribution in [2.45, 2.75) is 6.54 Å². The molecule has 1 heterocycles. The highest BCUT2D eigenvalue weighted by atomic mass is 16.5. The van der Waals surface area contributed by atoms with Gasteiger partial charge in [-0.1, -0.05) is 6.07 Å². The number of hydrogen-bond acceptors (Lipinski definition) is 4. The lowest BCUT2D eigenvalue weighted by atomic mass is 10.1. The Labute approximate surface area is 117 Å². The van der Waals surface area contributed by atoms with Gasteiger partial charge in [-0.2, -0.15) is 0 Å². The smallest absolute Gasteiger partial charge is 0.337 e. The van der Waals surface area contributed by atoms with Gasteiger partial charge in [-0.05, 0) is 23.8 Å². The second-order valence-corrected chi connectivity index (χ2v) is 4.41. The minimum atomic E-state index is -0.958. The fraction of sp³-hybridized carbons (Fsp3) is 0.200. The first-order valence-corrected chi connectivity index (χ1v) is 6.13. The van der Waals surface area contributed by atoms with Gasteiger partial charge in [0.1, 0.15) is 5.75 Å². The van der Waals surface area contributed by atoms with Crippen molar-refractivity contribution < 1.29 is 14.6 Å². The lowest BCUT2D eigenvalue weighted by Crippen LogP contribution is -2.19. The number of carboxylic acids is 1. The summed E-state index contributed by atoms with van der Waals surface area (Å²) in [5.41, 5.74) is 1.87. The summed E-state index contributed by atoms with van der Waals surface area (Å²) in [4.78, 5) is 17.2. The molecule has 0 saturated heterocycles. The molecule has 2 aromatic rings. The molecule has 5 heteroatoms. The first kappa shape index (κ1) is 13.9. The van der Waals surface area contributed by atoms with E-state index < -0.39 is 5.97 Å². The molecular weight excluding hydrogens is 256 g/mol. The van der Waals surface area contributed by atoms with Crippen LogP contribution in [0.5, 0.6) is 5.75 Å². The molecule has 0 unspecified atom stereocenters. The third-order valence-electron chi connectivity index (χ3n) is 2.99. The van der Waals surface area contributed by atoms with Crippen molar-refractivity contribution in [1.82, 2.24) is 4.98 Å². The van der Waals surface area contributed by atoms with Gasteiger partial charge in [0.05, 0.1) is 18.4 Å². The van der Waals surface area contributed by atoms with Gasteiger partial charge < -0.3 is 14.7 Å². The molecule has 0 bridgehead atoms. The van der Waals surface area contributed by atoms with E-state index in [9.17, 15) is 9.90 Å². The molecule has 0 fully saturated rings. The highest BCUT2D eigenvalue weighted by molar-refractivity contribution is 5.94. The highest BCUT2D eigenvalue weighted by Crippen LogP contribution is 2.26. The summed E-state index contributed by atoms with van der Waals surface area (Å²) >= 11 is 0. The van der Waals surface area contributed by atoms with Crippen LogP contribution in [0.2, 0.25) is 0 Å². The van der Waals surface area contributed by atoms with E-state index in [0.717, 1.165) is 5.56 Å². The third-order valence-corrected chi connectivity index (χ3v) is 2.99. The predicted molar refractivity (Wildman–Crippen MR) is 76.3 cm³/mol. The first-order chi connectivity index (χ1) is 9.61. The zero-order valence-corrected chi connectivity index (χ0v) is 11.4. The Morgan fingerprint density at radius 2 is 2.20 bits per heavy atom. The Hall–Kier alpha value is -2.56. The Kier molecular flexibility index (Phi) is 4.20. The Morgan fingerprint density at radius 3 is 2.80 bits per heavy atom. The van der Waals surface area contributed by atoms with Crippen LogP contribution in [0.3, 0.4) is 0 Å². The number of methoxy groups -OCH3 is 1. The van der Waals surface area contributed by atoms with Crippen molar-refractivity contribution in [2.24, 2.45) is 0 Å². The Balaban J connectivity index is 2.32. The maximum absolute atomic E-state index is 11.3. The lowest BCUT2D eigenvalue weighted by molar-refractivity contribution is 0.0697. The van der Waals surface area contributed by atoms with Crippen LogP contribution < -0.4 is 9.64 Å². The second-order valence-electron chi connectivity index (χ2n) is 4.41. The van der Waals surface area contributed by atoms with Gasteiger partial charge in [0.25, 0.3) is 0 Å². The number of benzene rings is 1. The van der Waals surface area contributed by atoms with Crippen LogP contribution in [0.25, 0.3) is 0 Å². The van der Waals surface area contributed by atoms with Crippen LogP contribution in [-0.4, -0.2) is 30.2 Å². The lowest BCUT2D eigenvalue weighted by Gasteiger charge is -2.21. The minimum absolute atomic E-state index is 0.247. The van der Waals surface area contributed by atoms with Crippen molar-refractivity contribution in [1.29, 1.82) is 0 Å². The monoisotopic (exact) mass is 272 g/mol. The molecule has 104 valence electrons. The van der Waals surface area contributed by atoms with Gasteiger partial charge in [-0.15, -0.1) is 0 Å². The van der Waals surface area contributed by atoms with E-state index in [4.69, 9.17) is 4.74 Å². The van der Waals surface area contributed by atoms with Crippen LogP contribution >= 0.6 is 0 Å². The summed E-state index contributed by atoms with van der Waals surface area (Å²) in [6.45, 7) is 0.571. The fourth-order valence-electron chi connectivity index (χ4n) is 1.99. The number of nitrogens with zero attached hydrogens (tertiary/aromatic N) is 2. The number of ether oxygens (including phenoxy) is 1. The molecule has 20 heavy (non-hydrogen) atoms. The average molecular weight is 272 g/mol. The zero-order valence-electron chi connectivity index (χ0n) is 11.4. The van der Waals surface area contributed by atoms with Crippen LogP contribution in [0.4, 0.5) is 5.69 Å². The fourth-order valence-corrected chi connectivity index (χ4v) is 1.99. The third kappa shape index (κ3) is 3.06. The molecule has 5 nitrogen and oxygen atoms in total. The molecule has 1 aromatic heterocycles. The molecule has 0 aliphatic carbocycles. The van der Waals surface area contributed by atoms with Crippen molar-refractivity contribution >= 4 is 11.7 Å². The molecule has 0 spiro atoms. The molecule has 2 rings (SSSR count). The summed E-state index contributed by atoms with van der Waals surface area (Å²) < 4.78 is 5.16. The van der Waals surface area contributed by atoms with Crippen molar-refractivity contribution in [3.63, 3.8) is 0 Å². The van der Waals surface area contributed by atoms with Crippen LogP contribution in [0.15, 0.2) is 42.7 Å². The Bertz CT molecular complexity index is 599. The predicted octanol–water partition coefficient (Wildman–Crippen LogP) is 2.42. The molecule has 0 radical (unpaired) electrons. The molecule has 0 aliphatic heterocycles. The standard InChI is InChI=1S/C15H16N2O3/c1-17(10-11-4-3-7-16-9-11)14-8-12(20-2)5-6-13(14)15(18)19/h3-9H,10H2,1-2H3,(H,18,19). The van der Waals surface area contributed by atoms with Gasteiger partial charge in [0, 0.05) is 32.1 Å². The number of pyridine rings is 1. The average Bonchev–Trinajstić information content (AvgIpc) is 2.47. The van der Waals surface area contributed by atoms with Gasteiger partial charge in [0.15, 0.2) is 0 Å². The number of anilines is 1. The zero-order chi connectivity index (χ0) is 14.5. The molecule has 0 saturated carbocycles. The summed E-state index contributed by atoms with van der Waals surface area (Å²) in [7, 11) is 3.40. The highest BCUT2D eigenvalue weighted by Gasteiger charge is 2.15. The van der Waals surface area contributed by atoms with Gasteiger partial charge in [-0.3, -0.25) is 4.98 Å². The molecule has 0 aliphatic rings. The topological polar surface area (TPSA) is 62.7 Å². The quantitative estimate of drug-likeness (QED) is 0.905. The summed E-state index contributed by atoms with van der Waals surface area (Å²) in [6, 6.07) is 8.72. The maximum atomic E-state index is 11.3. The van der Waals surface area contributed by atoms with Crippen LogP contribution in [-0.2, 0) is 6.54 Å². The first-order valence-electron chi connectivity index (χ1n) is 6.13. The van der Waals surface area contributed by atoms with E-state index in [0.29, 0.717) is 18.0 Å². The molecular formula is C15H16N2O3. The van der Waals surface area contributed by atoms with Crippen LogP contribution in [0, 0.1) is 0 Å². The minimum Gasteiger partial charge on any atom is -0.497 e. The largest absolute Gasteiger partial charge is 0.497 e. The van der Waals surface area contributed by atoms with Crippen molar-refractivity contribution in [3.05, 3.63) is 53.9 Å². The van der Waals surface area contributed by atoms with E-state index in [1.54, 1.807) is 37.7 Å². The molecule has 0 amide bonds. The number of rotatable bonds is 5. The molecule has 1 aromatic carbocycles. The second kappa shape index (κ2) is 6.06. The van der Waals surface area contributed by atoms with Gasteiger partial charge >= 0.3 is 5.97 Å². The maximum Gasteiger partial charge on any atom is 0.337 e.